The van der Waals surface area contributed by atoms with Crippen molar-refractivity contribution < 1.29 is 23.9 Å². The molecule has 0 spiro atoms. The molecule has 0 unspecified atom stereocenters. The molecule has 8 nitrogen and oxygen atoms in total. The van der Waals surface area contributed by atoms with Crippen LogP contribution in [0.5, 0.6) is 5.75 Å². The predicted molar refractivity (Wildman–Crippen MR) is 104 cm³/mol. The van der Waals surface area contributed by atoms with E-state index in [0.717, 1.165) is 18.4 Å². The minimum Gasteiger partial charge on any atom is -0.507 e. The minimum absolute atomic E-state index is 0.00202. The van der Waals surface area contributed by atoms with Crippen molar-refractivity contribution in [2.24, 2.45) is 0 Å². The quantitative estimate of drug-likeness (QED) is 0.841. The number of aromatic nitrogens is 2. The summed E-state index contributed by atoms with van der Waals surface area (Å²) in [6.45, 7) is 4.29. The van der Waals surface area contributed by atoms with Crippen LogP contribution in [-0.4, -0.2) is 59.5 Å². The number of carbonyl (C=O) groups excluding carboxylic acids is 1. The van der Waals surface area contributed by atoms with Gasteiger partial charge in [-0.3, -0.25) is 4.79 Å². The first-order chi connectivity index (χ1) is 14.0. The summed E-state index contributed by atoms with van der Waals surface area (Å²) in [6.07, 6.45) is 2.89. The molecule has 2 saturated heterocycles. The molecule has 0 bridgehead atoms. The Bertz CT molecular complexity index is 867. The second-order valence-electron chi connectivity index (χ2n) is 7.86. The van der Waals surface area contributed by atoms with E-state index in [1.165, 1.54) is 0 Å². The third-order valence-corrected chi connectivity index (χ3v) is 6.05. The third kappa shape index (κ3) is 3.86. The molecule has 2 fully saturated rings. The van der Waals surface area contributed by atoms with Gasteiger partial charge < -0.3 is 24.0 Å². The van der Waals surface area contributed by atoms with Gasteiger partial charge in [-0.05, 0) is 31.9 Å². The highest BCUT2D eigenvalue weighted by molar-refractivity contribution is 5.97. The number of rotatable bonds is 4. The molecule has 1 amide bonds. The number of benzene rings is 1. The number of hydrogen-bond acceptors (Lipinski definition) is 7. The zero-order valence-corrected chi connectivity index (χ0v) is 16.9. The molecule has 1 aromatic heterocycles. The van der Waals surface area contributed by atoms with Gasteiger partial charge >= 0.3 is 0 Å². The van der Waals surface area contributed by atoms with Crippen LogP contribution in [-0.2, 0) is 15.1 Å². The van der Waals surface area contributed by atoms with Crippen molar-refractivity contribution in [3.05, 3.63) is 41.0 Å². The van der Waals surface area contributed by atoms with E-state index < -0.39 is 5.60 Å². The molecule has 2 aliphatic heterocycles. The van der Waals surface area contributed by atoms with Gasteiger partial charge in [0.15, 0.2) is 5.82 Å². The summed E-state index contributed by atoms with van der Waals surface area (Å²) in [5.41, 5.74) is 0.567. The number of piperidine rings is 1. The molecule has 0 radical (unpaired) electrons. The Balaban J connectivity index is 1.47. The molecule has 0 atom stereocenters. The number of nitrogens with zero attached hydrogens (tertiary/aromatic N) is 3. The van der Waals surface area contributed by atoms with E-state index >= 15 is 0 Å². The average Bonchev–Trinajstić information content (AvgIpc) is 3.27. The van der Waals surface area contributed by atoms with Crippen molar-refractivity contribution in [1.82, 2.24) is 15.0 Å². The Morgan fingerprint density at radius 1 is 1.28 bits per heavy atom. The summed E-state index contributed by atoms with van der Waals surface area (Å²) < 4.78 is 16.8. The number of ether oxygens (including phenoxy) is 2. The topological polar surface area (TPSA) is 97.9 Å². The number of aryl methyl sites for hydroxylation is 1. The molecule has 156 valence electrons. The second-order valence-corrected chi connectivity index (χ2v) is 7.86. The van der Waals surface area contributed by atoms with Crippen LogP contribution in [0.4, 0.5) is 0 Å². The highest BCUT2D eigenvalue weighted by atomic mass is 16.5. The highest BCUT2D eigenvalue weighted by Crippen LogP contribution is 2.37. The first-order valence-corrected chi connectivity index (χ1v) is 10.1. The van der Waals surface area contributed by atoms with Gasteiger partial charge in [0.25, 0.3) is 11.8 Å². The fourth-order valence-electron chi connectivity index (χ4n) is 4.11. The first-order valence-electron chi connectivity index (χ1n) is 10.1. The summed E-state index contributed by atoms with van der Waals surface area (Å²) in [4.78, 5) is 19.3. The highest BCUT2D eigenvalue weighted by Gasteiger charge is 2.43. The number of likely N-dealkylation sites (tertiary alicyclic amines) is 1. The van der Waals surface area contributed by atoms with Crippen LogP contribution in [0.1, 0.15) is 59.2 Å². The third-order valence-electron chi connectivity index (χ3n) is 6.05. The maximum atomic E-state index is 12.9. The molecule has 1 aromatic carbocycles. The van der Waals surface area contributed by atoms with Crippen LogP contribution in [0.3, 0.4) is 0 Å². The fourth-order valence-corrected chi connectivity index (χ4v) is 4.11. The van der Waals surface area contributed by atoms with E-state index in [4.69, 9.17) is 14.0 Å². The molecular weight excluding hydrogens is 374 g/mol. The lowest BCUT2D eigenvalue weighted by molar-refractivity contribution is -0.0779. The van der Waals surface area contributed by atoms with Crippen molar-refractivity contribution in [3.8, 4) is 5.75 Å². The van der Waals surface area contributed by atoms with Crippen LogP contribution in [0.2, 0.25) is 0 Å². The standard InChI is InChI=1S/C21H27N3O5/c1-14-3-4-17(25)16(13-14)19(26)24-9-7-21(27-2,8-10-24)20-22-18(23-29-20)15-5-11-28-12-6-15/h3-4,13,15,25H,5-12H2,1-2H3. The summed E-state index contributed by atoms with van der Waals surface area (Å²) >= 11 is 0. The fraction of sp³-hybridized carbons (Fsp3) is 0.571. The number of hydrogen-bond donors (Lipinski definition) is 1. The molecule has 29 heavy (non-hydrogen) atoms. The summed E-state index contributed by atoms with van der Waals surface area (Å²) in [6, 6.07) is 5.06. The van der Waals surface area contributed by atoms with Gasteiger partial charge in [-0.15, -0.1) is 0 Å². The predicted octanol–water partition coefficient (Wildman–Crippen LogP) is 2.76. The zero-order valence-electron chi connectivity index (χ0n) is 16.9. The van der Waals surface area contributed by atoms with Crippen LogP contribution in [0.25, 0.3) is 0 Å². The number of aromatic hydroxyl groups is 1. The Labute approximate surface area is 169 Å². The van der Waals surface area contributed by atoms with E-state index in [2.05, 4.69) is 10.1 Å². The number of carbonyl (C=O) groups is 1. The summed E-state index contributed by atoms with van der Waals surface area (Å²) in [5, 5.41) is 14.3. The number of phenolic OH excluding ortho intramolecular Hbond substituents is 1. The van der Waals surface area contributed by atoms with Gasteiger partial charge in [0.05, 0.1) is 5.56 Å². The lowest BCUT2D eigenvalue weighted by Gasteiger charge is -2.38. The lowest BCUT2D eigenvalue weighted by atomic mass is 9.90. The summed E-state index contributed by atoms with van der Waals surface area (Å²) in [5.74, 6) is 1.27. The normalized spacial score (nSPS) is 20.0. The van der Waals surface area contributed by atoms with E-state index in [0.29, 0.717) is 56.4 Å². The number of amides is 1. The van der Waals surface area contributed by atoms with Gasteiger partial charge in [0.1, 0.15) is 11.4 Å². The Morgan fingerprint density at radius 3 is 2.69 bits per heavy atom. The first kappa shape index (κ1) is 19.8. The van der Waals surface area contributed by atoms with Crippen molar-refractivity contribution >= 4 is 5.91 Å². The van der Waals surface area contributed by atoms with Crippen LogP contribution in [0.15, 0.2) is 22.7 Å². The Morgan fingerprint density at radius 2 is 2.00 bits per heavy atom. The number of methoxy groups -OCH3 is 1. The van der Waals surface area contributed by atoms with Crippen LogP contribution >= 0.6 is 0 Å². The smallest absolute Gasteiger partial charge is 0.259 e. The van der Waals surface area contributed by atoms with Gasteiger partial charge in [-0.1, -0.05) is 16.8 Å². The van der Waals surface area contributed by atoms with Gasteiger partial charge in [-0.25, -0.2) is 0 Å². The molecule has 0 aliphatic carbocycles. The van der Waals surface area contributed by atoms with E-state index in [1.807, 2.05) is 6.92 Å². The van der Waals surface area contributed by atoms with Crippen molar-refractivity contribution in [1.29, 1.82) is 0 Å². The van der Waals surface area contributed by atoms with Crippen molar-refractivity contribution in [2.75, 3.05) is 33.4 Å². The zero-order chi connectivity index (χ0) is 20.4. The second kappa shape index (κ2) is 8.12. The van der Waals surface area contributed by atoms with E-state index in [9.17, 15) is 9.90 Å². The molecule has 4 rings (SSSR count). The minimum atomic E-state index is -0.693. The maximum Gasteiger partial charge on any atom is 0.259 e. The molecule has 2 aliphatic rings. The molecule has 1 N–H and O–H groups in total. The largest absolute Gasteiger partial charge is 0.507 e. The van der Waals surface area contributed by atoms with E-state index in [-0.39, 0.29) is 17.6 Å². The van der Waals surface area contributed by atoms with E-state index in [1.54, 1.807) is 30.2 Å². The molecule has 2 aromatic rings. The molecule has 3 heterocycles. The van der Waals surface area contributed by atoms with Gasteiger partial charge in [0.2, 0.25) is 0 Å². The average molecular weight is 401 g/mol. The maximum absolute atomic E-state index is 12.9. The Kier molecular flexibility index (Phi) is 5.56. The van der Waals surface area contributed by atoms with Crippen LogP contribution < -0.4 is 0 Å². The van der Waals surface area contributed by atoms with Gasteiger partial charge in [0, 0.05) is 52.2 Å². The summed E-state index contributed by atoms with van der Waals surface area (Å²) in [7, 11) is 1.64. The van der Waals surface area contributed by atoms with Crippen molar-refractivity contribution in [3.63, 3.8) is 0 Å². The lowest BCUT2D eigenvalue weighted by Crippen LogP contribution is -2.46. The molecular formula is C21H27N3O5. The van der Waals surface area contributed by atoms with Crippen molar-refractivity contribution in [2.45, 2.75) is 44.1 Å². The molecule has 8 heteroatoms. The Hall–Kier alpha value is -2.45. The molecule has 0 saturated carbocycles. The van der Waals surface area contributed by atoms with Gasteiger partial charge in [-0.2, -0.15) is 4.98 Å². The SMILES string of the molecule is COC1(c2nc(C3CCOCC3)no2)CCN(C(=O)c2cc(C)ccc2O)CC1. The number of phenols is 1. The monoisotopic (exact) mass is 401 g/mol. The van der Waals surface area contributed by atoms with Crippen LogP contribution in [0, 0.1) is 6.92 Å².